The number of carbonyl (C=O) groups excluding carboxylic acids is 3. The third kappa shape index (κ3) is 3.75. The molecule has 1 aliphatic rings. The summed E-state index contributed by atoms with van der Waals surface area (Å²) in [6.07, 6.45) is -1.06. The fourth-order valence-corrected chi connectivity index (χ4v) is 3.16. The lowest BCUT2D eigenvalue weighted by molar-refractivity contribution is -0.211. The number of esters is 2. The fourth-order valence-electron chi connectivity index (χ4n) is 3.16. The van der Waals surface area contributed by atoms with Crippen LogP contribution >= 0.6 is 0 Å². The van der Waals surface area contributed by atoms with Gasteiger partial charge in [-0.2, -0.15) is 0 Å². The molecular formula is C21H22N2O5. The van der Waals surface area contributed by atoms with Gasteiger partial charge in [0.1, 0.15) is 12.1 Å². The normalized spacial score (nSPS) is 22.2. The predicted octanol–water partition coefficient (Wildman–Crippen LogP) is 1.92. The summed E-state index contributed by atoms with van der Waals surface area (Å²) in [6.45, 7) is 2.75. The van der Waals surface area contributed by atoms with E-state index in [2.05, 4.69) is 0 Å². The number of likely N-dealkylation sites (tertiary alicyclic amines) is 1. The largest absolute Gasteiger partial charge is 0.459 e. The molecule has 7 heteroatoms. The Balaban J connectivity index is 1.88. The van der Waals surface area contributed by atoms with Gasteiger partial charge >= 0.3 is 11.9 Å². The van der Waals surface area contributed by atoms with Gasteiger partial charge < -0.3 is 15.2 Å². The number of rotatable bonds is 6. The third-order valence-electron chi connectivity index (χ3n) is 4.58. The number of nitrogens with zero attached hydrogens (tertiary/aromatic N) is 1. The van der Waals surface area contributed by atoms with E-state index in [4.69, 9.17) is 15.2 Å². The van der Waals surface area contributed by atoms with Crippen LogP contribution in [0.15, 0.2) is 60.7 Å². The molecule has 1 amide bonds. The molecular weight excluding hydrogens is 360 g/mol. The Morgan fingerprint density at radius 1 is 1.11 bits per heavy atom. The molecule has 0 radical (unpaired) electrons. The molecule has 0 aliphatic carbocycles. The molecule has 1 aliphatic heterocycles. The van der Waals surface area contributed by atoms with Crippen LogP contribution in [-0.4, -0.2) is 34.5 Å². The van der Waals surface area contributed by atoms with Gasteiger partial charge in [-0.15, -0.1) is 0 Å². The topological polar surface area (TPSA) is 98.9 Å². The smallest absolute Gasteiger partial charge is 0.334 e. The van der Waals surface area contributed by atoms with Crippen LogP contribution in [-0.2, 0) is 30.5 Å². The average molecular weight is 382 g/mol. The van der Waals surface area contributed by atoms with E-state index in [1.54, 1.807) is 30.3 Å². The van der Waals surface area contributed by atoms with Crippen LogP contribution in [0.5, 0.6) is 0 Å². The van der Waals surface area contributed by atoms with Crippen LogP contribution < -0.4 is 5.73 Å². The maximum absolute atomic E-state index is 12.9. The van der Waals surface area contributed by atoms with Crippen molar-refractivity contribution in [2.75, 3.05) is 0 Å². The summed E-state index contributed by atoms with van der Waals surface area (Å²) in [6, 6.07) is 16.8. The summed E-state index contributed by atoms with van der Waals surface area (Å²) in [5.74, 6) is -1.72. The number of benzene rings is 2. The van der Waals surface area contributed by atoms with Gasteiger partial charge in [-0.1, -0.05) is 60.7 Å². The number of amides is 1. The van der Waals surface area contributed by atoms with Crippen molar-refractivity contribution in [3.8, 4) is 0 Å². The Labute approximate surface area is 163 Å². The average Bonchev–Trinajstić information content (AvgIpc) is 2.70. The lowest BCUT2D eigenvalue weighted by atomic mass is 9.85. The maximum atomic E-state index is 12.9. The number of hydrogen-bond acceptors (Lipinski definition) is 6. The minimum atomic E-state index is -1.40. The molecule has 7 nitrogen and oxygen atoms in total. The van der Waals surface area contributed by atoms with Crippen molar-refractivity contribution in [3.05, 3.63) is 71.8 Å². The quantitative estimate of drug-likeness (QED) is 0.605. The van der Waals surface area contributed by atoms with Gasteiger partial charge in [0, 0.05) is 6.92 Å². The molecule has 1 fully saturated rings. The summed E-state index contributed by atoms with van der Waals surface area (Å²) >= 11 is 0. The van der Waals surface area contributed by atoms with Crippen LogP contribution in [0.4, 0.5) is 0 Å². The summed E-state index contributed by atoms with van der Waals surface area (Å²) in [7, 11) is 0. The molecule has 0 spiro atoms. The highest BCUT2D eigenvalue weighted by Crippen LogP contribution is 2.38. The SMILES string of the molecule is CC(=O)OC1N(C(C(=O)OCc2ccccc2)c2ccccc2)C(=O)C1(C)N. The molecule has 146 valence electrons. The zero-order valence-electron chi connectivity index (χ0n) is 15.7. The molecule has 1 heterocycles. The van der Waals surface area contributed by atoms with Crippen molar-refractivity contribution < 1.29 is 23.9 Å². The number of hydrogen-bond donors (Lipinski definition) is 1. The van der Waals surface area contributed by atoms with Gasteiger partial charge in [0.2, 0.25) is 6.23 Å². The summed E-state index contributed by atoms with van der Waals surface area (Å²) in [5, 5.41) is 0. The monoisotopic (exact) mass is 382 g/mol. The second-order valence-corrected chi connectivity index (χ2v) is 6.86. The van der Waals surface area contributed by atoms with Gasteiger partial charge in [0.15, 0.2) is 6.04 Å². The molecule has 2 aromatic carbocycles. The number of carbonyl (C=O) groups is 3. The van der Waals surface area contributed by atoms with Gasteiger partial charge in [-0.05, 0) is 18.1 Å². The highest BCUT2D eigenvalue weighted by atomic mass is 16.6. The summed E-state index contributed by atoms with van der Waals surface area (Å²) < 4.78 is 10.7. The second kappa shape index (κ2) is 7.82. The fraction of sp³-hybridized carbons (Fsp3) is 0.286. The number of β-lactam (4-membered cyclic amide) rings is 1. The van der Waals surface area contributed by atoms with E-state index >= 15 is 0 Å². The first kappa shape index (κ1) is 19.6. The molecule has 3 atom stereocenters. The molecule has 3 unspecified atom stereocenters. The lowest BCUT2D eigenvalue weighted by Crippen LogP contribution is -2.78. The molecule has 28 heavy (non-hydrogen) atoms. The summed E-state index contributed by atoms with van der Waals surface area (Å²) in [5.41, 5.74) is 5.96. The Hall–Kier alpha value is -3.19. The Morgan fingerprint density at radius 3 is 2.25 bits per heavy atom. The van der Waals surface area contributed by atoms with E-state index in [0.29, 0.717) is 5.56 Å². The number of ether oxygens (including phenoxy) is 2. The lowest BCUT2D eigenvalue weighted by Gasteiger charge is -2.52. The van der Waals surface area contributed by atoms with Gasteiger partial charge in [-0.3, -0.25) is 14.5 Å². The van der Waals surface area contributed by atoms with E-state index in [1.807, 2.05) is 30.3 Å². The molecule has 2 N–H and O–H groups in total. The van der Waals surface area contributed by atoms with Crippen molar-refractivity contribution in [3.63, 3.8) is 0 Å². The van der Waals surface area contributed by atoms with Crippen LogP contribution in [0.2, 0.25) is 0 Å². The molecule has 0 aromatic heterocycles. The zero-order valence-corrected chi connectivity index (χ0v) is 15.7. The summed E-state index contributed by atoms with van der Waals surface area (Å²) in [4.78, 5) is 38.3. The van der Waals surface area contributed by atoms with Gasteiger partial charge in [0.25, 0.3) is 5.91 Å². The standard InChI is InChI=1S/C21H22N2O5/c1-14(24)28-20-21(2,22)19(26)23(20)17(16-11-7-4-8-12-16)18(25)27-13-15-9-5-3-6-10-15/h3-12,17,20H,13,22H2,1-2H3. The van der Waals surface area contributed by atoms with E-state index in [9.17, 15) is 14.4 Å². The Morgan fingerprint density at radius 2 is 1.68 bits per heavy atom. The molecule has 0 saturated carbocycles. The predicted molar refractivity (Wildman–Crippen MR) is 100 cm³/mol. The van der Waals surface area contributed by atoms with Crippen LogP contribution in [0.25, 0.3) is 0 Å². The molecule has 0 bridgehead atoms. The molecule has 3 rings (SSSR count). The van der Waals surface area contributed by atoms with Crippen molar-refractivity contribution in [2.45, 2.75) is 38.3 Å². The minimum absolute atomic E-state index is 0.0587. The van der Waals surface area contributed by atoms with E-state index in [1.165, 1.54) is 18.7 Å². The third-order valence-corrected chi connectivity index (χ3v) is 4.58. The second-order valence-electron chi connectivity index (χ2n) is 6.86. The maximum Gasteiger partial charge on any atom is 0.334 e. The number of nitrogens with two attached hydrogens (primary N) is 1. The zero-order chi connectivity index (χ0) is 20.3. The van der Waals surface area contributed by atoms with Gasteiger partial charge in [-0.25, -0.2) is 4.79 Å². The van der Waals surface area contributed by atoms with Gasteiger partial charge in [0.05, 0.1) is 0 Å². The first-order valence-electron chi connectivity index (χ1n) is 8.86. The molecule has 1 saturated heterocycles. The first-order valence-corrected chi connectivity index (χ1v) is 8.86. The molecule has 2 aromatic rings. The van der Waals surface area contributed by atoms with Crippen LogP contribution in [0.1, 0.15) is 31.0 Å². The van der Waals surface area contributed by atoms with E-state index in [-0.39, 0.29) is 6.61 Å². The van der Waals surface area contributed by atoms with Crippen molar-refractivity contribution in [1.29, 1.82) is 0 Å². The first-order chi connectivity index (χ1) is 13.3. The van der Waals surface area contributed by atoms with Crippen LogP contribution in [0.3, 0.4) is 0 Å². The Kier molecular flexibility index (Phi) is 5.46. The van der Waals surface area contributed by atoms with E-state index in [0.717, 1.165) is 5.56 Å². The minimum Gasteiger partial charge on any atom is -0.459 e. The van der Waals surface area contributed by atoms with Crippen LogP contribution in [0, 0.1) is 0 Å². The highest BCUT2D eigenvalue weighted by molar-refractivity contribution is 5.97. The van der Waals surface area contributed by atoms with Crippen molar-refractivity contribution >= 4 is 17.8 Å². The Bertz CT molecular complexity index is 867. The van der Waals surface area contributed by atoms with E-state index < -0.39 is 35.7 Å². The highest BCUT2D eigenvalue weighted by Gasteiger charge is 2.61. The van der Waals surface area contributed by atoms with Crippen molar-refractivity contribution in [2.24, 2.45) is 5.73 Å². The van der Waals surface area contributed by atoms with Crippen molar-refractivity contribution in [1.82, 2.24) is 4.90 Å².